The van der Waals surface area contributed by atoms with Gasteiger partial charge in [0.15, 0.2) is 0 Å². The number of aliphatic hydroxyl groups is 1. The molecule has 2 rings (SSSR count). The fourth-order valence-corrected chi connectivity index (χ4v) is 2.53. The van der Waals surface area contributed by atoms with Gasteiger partial charge in [0.05, 0.1) is 6.61 Å². The smallest absolute Gasteiger partial charge is 0.0647 e. The van der Waals surface area contributed by atoms with Crippen LogP contribution in [0, 0.1) is 11.8 Å². The highest BCUT2D eigenvalue weighted by atomic mass is 16.3. The van der Waals surface area contributed by atoms with Crippen LogP contribution in [0.25, 0.3) is 0 Å². The Morgan fingerprint density at radius 2 is 2.10 bits per heavy atom. The van der Waals surface area contributed by atoms with Crippen LogP contribution in [0.2, 0.25) is 0 Å². The van der Waals surface area contributed by atoms with E-state index < -0.39 is 0 Å². The lowest BCUT2D eigenvalue weighted by molar-refractivity contribution is 0.314. The van der Waals surface area contributed by atoms with E-state index in [1.54, 1.807) is 0 Å². The third-order valence-electron chi connectivity index (χ3n) is 3.21. The van der Waals surface area contributed by atoms with E-state index in [4.69, 9.17) is 5.11 Å². The zero-order chi connectivity index (χ0) is 7.14. The molecule has 0 unspecified atom stereocenters. The van der Waals surface area contributed by atoms with Gasteiger partial charge in [-0.3, -0.25) is 0 Å². The molecule has 1 N–H and O–H groups in total. The first-order valence-corrected chi connectivity index (χ1v) is 4.13. The Labute approximate surface area is 61.8 Å². The van der Waals surface area contributed by atoms with Crippen molar-refractivity contribution in [2.45, 2.75) is 26.2 Å². The molecule has 0 heterocycles. The number of rotatable bonds is 1. The average molecular weight is 138 g/mol. The van der Waals surface area contributed by atoms with Gasteiger partial charge in [-0.2, -0.15) is 0 Å². The quantitative estimate of drug-likeness (QED) is 0.547. The fourth-order valence-electron chi connectivity index (χ4n) is 2.53. The van der Waals surface area contributed by atoms with Crippen molar-refractivity contribution >= 4 is 0 Å². The lowest BCUT2D eigenvalue weighted by atomic mass is 9.93. The molecule has 1 nitrogen and oxygen atoms in total. The molecular formula is C9H14O. The van der Waals surface area contributed by atoms with E-state index in [1.165, 1.54) is 30.4 Å². The molecule has 0 aromatic heterocycles. The Bertz CT molecular complexity index is 181. The van der Waals surface area contributed by atoms with Gasteiger partial charge < -0.3 is 5.11 Å². The summed E-state index contributed by atoms with van der Waals surface area (Å²) in [5, 5.41) is 9.00. The second-order valence-electron chi connectivity index (χ2n) is 3.57. The monoisotopic (exact) mass is 138 g/mol. The summed E-state index contributed by atoms with van der Waals surface area (Å²) in [7, 11) is 0. The van der Waals surface area contributed by atoms with Gasteiger partial charge >= 0.3 is 0 Å². The van der Waals surface area contributed by atoms with Crippen molar-refractivity contribution in [1.82, 2.24) is 0 Å². The highest BCUT2D eigenvalue weighted by Gasteiger charge is 2.36. The molecule has 0 saturated heterocycles. The zero-order valence-electron chi connectivity index (χ0n) is 6.43. The van der Waals surface area contributed by atoms with Crippen molar-refractivity contribution in [3.8, 4) is 0 Å². The molecule has 0 aromatic carbocycles. The summed E-state index contributed by atoms with van der Waals surface area (Å²) in [5.74, 6) is 1.60. The molecule has 2 aliphatic carbocycles. The molecule has 1 fully saturated rings. The number of aliphatic hydroxyl groups excluding tert-OH is 1. The first-order chi connectivity index (χ1) is 4.83. The Kier molecular flexibility index (Phi) is 1.34. The Hall–Kier alpha value is -0.300. The minimum absolute atomic E-state index is 0.313. The normalized spacial score (nSPS) is 37.8. The van der Waals surface area contributed by atoms with Crippen LogP contribution in [-0.4, -0.2) is 11.7 Å². The maximum absolute atomic E-state index is 9.00. The van der Waals surface area contributed by atoms with Crippen molar-refractivity contribution in [2.24, 2.45) is 11.8 Å². The third kappa shape index (κ3) is 0.671. The van der Waals surface area contributed by atoms with E-state index in [-0.39, 0.29) is 0 Å². The average Bonchev–Trinajstić information content (AvgIpc) is 2.46. The predicted molar refractivity (Wildman–Crippen MR) is 40.6 cm³/mol. The summed E-state index contributed by atoms with van der Waals surface area (Å²) in [6, 6.07) is 0. The lowest BCUT2D eigenvalue weighted by Gasteiger charge is -2.14. The number of hydrogen-bond donors (Lipinski definition) is 1. The summed E-state index contributed by atoms with van der Waals surface area (Å²) >= 11 is 0. The fraction of sp³-hybridized carbons (Fsp3) is 0.778. The van der Waals surface area contributed by atoms with Crippen molar-refractivity contribution in [3.63, 3.8) is 0 Å². The molecule has 0 amide bonds. The molecule has 10 heavy (non-hydrogen) atoms. The van der Waals surface area contributed by atoms with Gasteiger partial charge in [-0.25, -0.2) is 0 Å². The van der Waals surface area contributed by atoms with Crippen molar-refractivity contribution in [3.05, 3.63) is 11.1 Å². The maximum Gasteiger partial charge on any atom is 0.0647 e. The maximum atomic E-state index is 9.00. The largest absolute Gasteiger partial charge is 0.392 e. The van der Waals surface area contributed by atoms with E-state index in [9.17, 15) is 0 Å². The number of fused-ring (bicyclic) bond motifs is 2. The Morgan fingerprint density at radius 3 is 2.50 bits per heavy atom. The van der Waals surface area contributed by atoms with E-state index >= 15 is 0 Å². The molecule has 56 valence electrons. The predicted octanol–water partition coefficient (Wildman–Crippen LogP) is 1.73. The second kappa shape index (κ2) is 2.09. The van der Waals surface area contributed by atoms with E-state index in [1.807, 2.05) is 0 Å². The SMILES string of the molecule is CC1=C(CO)[C@H]2CC[C@@H]1C2. The summed E-state index contributed by atoms with van der Waals surface area (Å²) in [4.78, 5) is 0. The minimum Gasteiger partial charge on any atom is -0.392 e. The van der Waals surface area contributed by atoms with Crippen LogP contribution >= 0.6 is 0 Å². The van der Waals surface area contributed by atoms with Crippen LogP contribution in [-0.2, 0) is 0 Å². The lowest BCUT2D eigenvalue weighted by Crippen LogP contribution is -2.04. The highest BCUT2D eigenvalue weighted by molar-refractivity contribution is 5.27. The van der Waals surface area contributed by atoms with E-state index in [0.29, 0.717) is 6.61 Å². The van der Waals surface area contributed by atoms with Gasteiger partial charge in [-0.15, -0.1) is 0 Å². The van der Waals surface area contributed by atoms with Gasteiger partial charge in [-0.1, -0.05) is 5.57 Å². The van der Waals surface area contributed by atoms with Crippen LogP contribution < -0.4 is 0 Å². The molecule has 0 aromatic rings. The molecule has 1 saturated carbocycles. The first kappa shape index (κ1) is 6.41. The number of hydrogen-bond acceptors (Lipinski definition) is 1. The molecule has 2 atom stereocenters. The topological polar surface area (TPSA) is 20.2 Å². The number of allylic oxidation sites excluding steroid dienone is 1. The van der Waals surface area contributed by atoms with Gasteiger partial charge in [0.2, 0.25) is 0 Å². The van der Waals surface area contributed by atoms with Crippen LogP contribution in [0.3, 0.4) is 0 Å². The summed E-state index contributed by atoms with van der Waals surface area (Å²) < 4.78 is 0. The Balaban J connectivity index is 2.29. The Morgan fingerprint density at radius 1 is 1.40 bits per heavy atom. The summed E-state index contributed by atoms with van der Waals surface area (Å²) in [5.41, 5.74) is 2.86. The molecule has 2 bridgehead atoms. The molecule has 0 radical (unpaired) electrons. The van der Waals surface area contributed by atoms with Gasteiger partial charge in [-0.05, 0) is 43.6 Å². The standard InChI is InChI=1S/C9H14O/c1-6-7-2-3-8(4-7)9(6)5-10/h7-8,10H,2-5H2,1H3/t7-,8+/m1/s1. The molecule has 2 aliphatic rings. The minimum atomic E-state index is 0.313. The van der Waals surface area contributed by atoms with Crippen LogP contribution in [0.4, 0.5) is 0 Å². The molecule has 0 spiro atoms. The van der Waals surface area contributed by atoms with E-state index in [0.717, 1.165) is 11.8 Å². The van der Waals surface area contributed by atoms with Gasteiger partial charge in [0.1, 0.15) is 0 Å². The third-order valence-corrected chi connectivity index (χ3v) is 3.21. The highest BCUT2D eigenvalue weighted by Crippen LogP contribution is 2.47. The van der Waals surface area contributed by atoms with Crippen LogP contribution in [0.15, 0.2) is 11.1 Å². The van der Waals surface area contributed by atoms with Gasteiger partial charge in [0.25, 0.3) is 0 Å². The van der Waals surface area contributed by atoms with Gasteiger partial charge in [0, 0.05) is 0 Å². The van der Waals surface area contributed by atoms with Crippen LogP contribution in [0.1, 0.15) is 26.2 Å². The van der Waals surface area contributed by atoms with Crippen molar-refractivity contribution in [2.75, 3.05) is 6.61 Å². The van der Waals surface area contributed by atoms with Crippen LogP contribution in [0.5, 0.6) is 0 Å². The van der Waals surface area contributed by atoms with Crippen molar-refractivity contribution in [1.29, 1.82) is 0 Å². The second-order valence-corrected chi connectivity index (χ2v) is 3.57. The zero-order valence-corrected chi connectivity index (χ0v) is 6.43. The summed E-state index contributed by atoms with van der Waals surface area (Å²) in [6.45, 7) is 2.50. The summed E-state index contributed by atoms with van der Waals surface area (Å²) in [6.07, 6.45) is 4.04. The molecular weight excluding hydrogens is 124 g/mol. The van der Waals surface area contributed by atoms with E-state index in [2.05, 4.69) is 6.92 Å². The molecule has 0 aliphatic heterocycles. The van der Waals surface area contributed by atoms with Crippen molar-refractivity contribution < 1.29 is 5.11 Å². The first-order valence-electron chi connectivity index (χ1n) is 4.13. The molecule has 1 heteroatoms.